The molecule has 0 atom stereocenters. The SMILES string of the molecule is NNc1cc(Oc2ccc(Cl)cc2Br)ccn1. The molecular weight excluding hydrogens is 305 g/mol. The molecule has 4 nitrogen and oxygen atoms in total. The molecule has 0 aliphatic carbocycles. The van der Waals surface area contributed by atoms with Gasteiger partial charge in [-0.05, 0) is 40.2 Å². The molecule has 0 saturated carbocycles. The fraction of sp³-hybridized carbons (Fsp3) is 0. The van der Waals surface area contributed by atoms with Crippen LogP contribution in [0.15, 0.2) is 41.0 Å². The number of halogens is 2. The van der Waals surface area contributed by atoms with Gasteiger partial charge in [-0.25, -0.2) is 10.8 Å². The molecule has 0 radical (unpaired) electrons. The van der Waals surface area contributed by atoms with Crippen LogP contribution in [-0.4, -0.2) is 4.98 Å². The standard InChI is InChI=1S/C11H9BrClN3O/c12-9-5-7(13)1-2-10(9)17-8-3-4-15-11(6-8)16-14/h1-6H,14H2,(H,15,16). The number of ether oxygens (including phenoxy) is 1. The van der Waals surface area contributed by atoms with Gasteiger partial charge in [-0.15, -0.1) is 0 Å². The summed E-state index contributed by atoms with van der Waals surface area (Å²) in [5.74, 6) is 7.11. The van der Waals surface area contributed by atoms with E-state index in [9.17, 15) is 0 Å². The van der Waals surface area contributed by atoms with Gasteiger partial charge in [-0.1, -0.05) is 11.6 Å². The van der Waals surface area contributed by atoms with E-state index in [1.165, 1.54) is 0 Å². The summed E-state index contributed by atoms with van der Waals surface area (Å²) in [5, 5.41) is 0.642. The normalized spacial score (nSPS) is 10.1. The Kier molecular flexibility index (Phi) is 3.83. The zero-order valence-corrected chi connectivity index (χ0v) is 11.0. The summed E-state index contributed by atoms with van der Waals surface area (Å²) in [4.78, 5) is 3.99. The number of nitrogens with two attached hydrogens (primary N) is 1. The van der Waals surface area contributed by atoms with E-state index in [0.717, 1.165) is 4.47 Å². The molecule has 0 bridgehead atoms. The highest BCUT2D eigenvalue weighted by molar-refractivity contribution is 9.10. The van der Waals surface area contributed by atoms with E-state index >= 15 is 0 Å². The lowest BCUT2D eigenvalue weighted by Gasteiger charge is -2.08. The van der Waals surface area contributed by atoms with Crippen LogP contribution in [-0.2, 0) is 0 Å². The third kappa shape index (κ3) is 3.09. The first kappa shape index (κ1) is 12.2. The lowest BCUT2D eigenvalue weighted by molar-refractivity contribution is 0.479. The van der Waals surface area contributed by atoms with E-state index in [4.69, 9.17) is 22.2 Å². The largest absolute Gasteiger partial charge is 0.456 e. The van der Waals surface area contributed by atoms with E-state index in [0.29, 0.717) is 22.3 Å². The minimum absolute atomic E-state index is 0.535. The number of anilines is 1. The van der Waals surface area contributed by atoms with Crippen molar-refractivity contribution < 1.29 is 4.74 Å². The van der Waals surface area contributed by atoms with Crippen LogP contribution in [0.25, 0.3) is 0 Å². The maximum absolute atomic E-state index is 5.85. The second-order valence-electron chi connectivity index (χ2n) is 3.20. The van der Waals surface area contributed by atoms with E-state index in [1.807, 2.05) is 0 Å². The summed E-state index contributed by atoms with van der Waals surface area (Å²) in [6, 6.07) is 8.73. The van der Waals surface area contributed by atoms with Gasteiger partial charge in [0.2, 0.25) is 0 Å². The van der Waals surface area contributed by atoms with Crippen molar-refractivity contribution in [2.24, 2.45) is 5.84 Å². The molecule has 1 heterocycles. The summed E-state index contributed by atoms with van der Waals surface area (Å²) in [5.41, 5.74) is 2.45. The monoisotopic (exact) mass is 313 g/mol. The molecule has 0 amide bonds. The first-order chi connectivity index (χ1) is 8.19. The second kappa shape index (κ2) is 5.35. The fourth-order valence-corrected chi connectivity index (χ4v) is 2.00. The van der Waals surface area contributed by atoms with Gasteiger partial charge in [-0.2, -0.15) is 0 Å². The maximum Gasteiger partial charge on any atom is 0.143 e. The van der Waals surface area contributed by atoms with Crippen molar-refractivity contribution in [3.05, 3.63) is 46.0 Å². The topological polar surface area (TPSA) is 60.2 Å². The van der Waals surface area contributed by atoms with Crippen LogP contribution in [0.5, 0.6) is 11.5 Å². The van der Waals surface area contributed by atoms with E-state index < -0.39 is 0 Å². The number of aromatic nitrogens is 1. The molecule has 6 heteroatoms. The highest BCUT2D eigenvalue weighted by Crippen LogP contribution is 2.32. The Morgan fingerprint density at radius 1 is 1.29 bits per heavy atom. The predicted molar refractivity (Wildman–Crippen MR) is 71.3 cm³/mol. The minimum Gasteiger partial charge on any atom is -0.456 e. The Labute approximate surface area is 112 Å². The Balaban J connectivity index is 2.25. The Morgan fingerprint density at radius 3 is 2.82 bits per heavy atom. The highest BCUT2D eigenvalue weighted by Gasteiger charge is 2.04. The smallest absolute Gasteiger partial charge is 0.143 e. The maximum atomic E-state index is 5.85. The van der Waals surface area contributed by atoms with Crippen molar-refractivity contribution in [2.45, 2.75) is 0 Å². The lowest BCUT2D eigenvalue weighted by atomic mass is 10.3. The fourth-order valence-electron chi connectivity index (χ4n) is 1.24. The van der Waals surface area contributed by atoms with Gasteiger partial charge in [0.25, 0.3) is 0 Å². The number of hydrogen-bond donors (Lipinski definition) is 2. The molecule has 88 valence electrons. The number of nitrogen functional groups attached to an aromatic ring is 1. The minimum atomic E-state index is 0.535. The molecule has 2 rings (SSSR count). The highest BCUT2D eigenvalue weighted by atomic mass is 79.9. The molecule has 0 unspecified atom stereocenters. The number of hydrazine groups is 1. The third-order valence-corrected chi connectivity index (χ3v) is 2.86. The van der Waals surface area contributed by atoms with Crippen LogP contribution < -0.4 is 16.0 Å². The van der Waals surface area contributed by atoms with Crippen molar-refractivity contribution in [1.29, 1.82) is 0 Å². The third-order valence-electron chi connectivity index (χ3n) is 2.00. The number of benzene rings is 1. The molecule has 0 spiro atoms. The Morgan fingerprint density at radius 2 is 2.12 bits per heavy atom. The van der Waals surface area contributed by atoms with Crippen LogP contribution in [0.2, 0.25) is 5.02 Å². The van der Waals surface area contributed by atoms with Crippen LogP contribution in [0, 0.1) is 0 Å². The van der Waals surface area contributed by atoms with Crippen LogP contribution in [0.3, 0.4) is 0 Å². The zero-order valence-electron chi connectivity index (χ0n) is 8.65. The molecule has 2 aromatic rings. The van der Waals surface area contributed by atoms with Gasteiger partial charge in [0.05, 0.1) is 4.47 Å². The van der Waals surface area contributed by atoms with E-state index in [-0.39, 0.29) is 0 Å². The molecule has 0 aliphatic heterocycles. The van der Waals surface area contributed by atoms with Crippen molar-refractivity contribution in [3.8, 4) is 11.5 Å². The zero-order chi connectivity index (χ0) is 12.3. The number of rotatable bonds is 3. The van der Waals surface area contributed by atoms with Crippen LogP contribution in [0.1, 0.15) is 0 Å². The summed E-state index contributed by atoms with van der Waals surface area (Å²) < 4.78 is 6.45. The van der Waals surface area contributed by atoms with Crippen LogP contribution in [0.4, 0.5) is 5.82 Å². The van der Waals surface area contributed by atoms with Gasteiger partial charge in [0, 0.05) is 17.3 Å². The quantitative estimate of drug-likeness (QED) is 0.671. The summed E-state index contributed by atoms with van der Waals surface area (Å²) >= 11 is 9.22. The van der Waals surface area contributed by atoms with Crippen molar-refractivity contribution in [1.82, 2.24) is 4.98 Å². The molecule has 0 fully saturated rings. The van der Waals surface area contributed by atoms with Gasteiger partial charge in [-0.3, -0.25) is 0 Å². The van der Waals surface area contributed by atoms with Crippen molar-refractivity contribution >= 4 is 33.3 Å². The molecule has 0 saturated heterocycles. The molecular formula is C11H9BrClN3O. The number of pyridine rings is 1. The van der Waals surface area contributed by atoms with E-state index in [1.54, 1.807) is 36.5 Å². The van der Waals surface area contributed by atoms with Gasteiger partial charge in [0.15, 0.2) is 0 Å². The molecule has 0 aliphatic rings. The predicted octanol–water partition coefficient (Wildman–Crippen LogP) is 3.58. The molecule has 3 N–H and O–H groups in total. The average Bonchev–Trinajstić information content (AvgIpc) is 2.33. The first-order valence-corrected chi connectivity index (χ1v) is 5.92. The molecule has 1 aromatic carbocycles. The lowest BCUT2D eigenvalue weighted by Crippen LogP contribution is -2.08. The van der Waals surface area contributed by atoms with Crippen molar-refractivity contribution in [3.63, 3.8) is 0 Å². The van der Waals surface area contributed by atoms with Crippen LogP contribution >= 0.6 is 27.5 Å². The average molecular weight is 315 g/mol. The van der Waals surface area contributed by atoms with Gasteiger partial charge < -0.3 is 10.2 Å². The number of nitrogens with zero attached hydrogens (tertiary/aromatic N) is 1. The van der Waals surface area contributed by atoms with Gasteiger partial charge >= 0.3 is 0 Å². The number of nitrogens with one attached hydrogen (secondary N) is 1. The Bertz CT molecular complexity index is 536. The number of hydrogen-bond acceptors (Lipinski definition) is 4. The second-order valence-corrected chi connectivity index (χ2v) is 4.49. The summed E-state index contributed by atoms with van der Waals surface area (Å²) in [7, 11) is 0. The Hall–Kier alpha value is -1.30. The van der Waals surface area contributed by atoms with E-state index in [2.05, 4.69) is 26.3 Å². The molecule has 1 aromatic heterocycles. The van der Waals surface area contributed by atoms with Gasteiger partial charge in [0.1, 0.15) is 17.3 Å². The first-order valence-electron chi connectivity index (χ1n) is 4.74. The van der Waals surface area contributed by atoms with Crippen molar-refractivity contribution in [2.75, 3.05) is 5.43 Å². The summed E-state index contributed by atoms with van der Waals surface area (Å²) in [6.45, 7) is 0. The molecule has 17 heavy (non-hydrogen) atoms. The summed E-state index contributed by atoms with van der Waals surface area (Å²) in [6.07, 6.45) is 1.61.